The molecule has 2 aromatic carbocycles. The molecule has 0 aliphatic carbocycles. The van der Waals surface area contributed by atoms with E-state index < -0.39 is 17.8 Å². The van der Waals surface area contributed by atoms with Crippen molar-refractivity contribution in [1.82, 2.24) is 0 Å². The summed E-state index contributed by atoms with van der Waals surface area (Å²) in [5, 5.41) is 9.08. The number of methoxy groups -OCH3 is 2. The number of carbonyl (C=O) groups excluding carboxylic acids is 1. The van der Waals surface area contributed by atoms with E-state index in [1.54, 1.807) is 0 Å². The average Bonchev–Trinajstić information content (AvgIpc) is 2.53. The van der Waals surface area contributed by atoms with Crippen LogP contribution in [0.25, 0.3) is 11.1 Å². The number of hydrogen-bond donors (Lipinski definition) is 1. The van der Waals surface area contributed by atoms with E-state index in [0.717, 1.165) is 6.07 Å². The van der Waals surface area contributed by atoms with Crippen LogP contribution < -0.4 is 4.74 Å². The fourth-order valence-corrected chi connectivity index (χ4v) is 1.99. The van der Waals surface area contributed by atoms with Crippen LogP contribution >= 0.6 is 0 Å². The highest BCUT2D eigenvalue weighted by Crippen LogP contribution is 2.29. The molecule has 0 fully saturated rings. The summed E-state index contributed by atoms with van der Waals surface area (Å²) in [6, 6.07) is 8.03. The van der Waals surface area contributed by atoms with Gasteiger partial charge in [0.1, 0.15) is 11.6 Å². The number of rotatable bonds is 4. The molecule has 6 heteroatoms. The molecule has 5 nitrogen and oxygen atoms in total. The lowest BCUT2D eigenvalue weighted by Crippen LogP contribution is -2.02. The number of esters is 1. The van der Waals surface area contributed by atoms with Gasteiger partial charge in [-0.2, -0.15) is 0 Å². The maximum Gasteiger partial charge on any atom is 0.337 e. The van der Waals surface area contributed by atoms with Gasteiger partial charge in [0.2, 0.25) is 0 Å². The second-order valence-electron chi connectivity index (χ2n) is 4.44. The predicted molar refractivity (Wildman–Crippen MR) is 76.7 cm³/mol. The SMILES string of the molecule is COC(=O)c1ccc(-c2cc(OC)cc(C(=O)O)c2)c(F)c1. The number of aromatic carboxylic acids is 1. The summed E-state index contributed by atoms with van der Waals surface area (Å²) >= 11 is 0. The first-order valence-electron chi connectivity index (χ1n) is 6.27. The first-order chi connectivity index (χ1) is 10.5. The van der Waals surface area contributed by atoms with E-state index in [1.165, 1.54) is 44.6 Å². The third kappa shape index (κ3) is 3.06. The lowest BCUT2D eigenvalue weighted by atomic mass is 10.0. The third-order valence-electron chi connectivity index (χ3n) is 3.09. The van der Waals surface area contributed by atoms with Crippen molar-refractivity contribution in [3.05, 3.63) is 53.3 Å². The molecule has 0 bridgehead atoms. The maximum atomic E-state index is 14.2. The van der Waals surface area contributed by atoms with Crippen LogP contribution in [0.4, 0.5) is 4.39 Å². The lowest BCUT2D eigenvalue weighted by molar-refractivity contribution is 0.0599. The molecular formula is C16H13FO5. The van der Waals surface area contributed by atoms with Gasteiger partial charge >= 0.3 is 11.9 Å². The van der Waals surface area contributed by atoms with Gasteiger partial charge in [-0.25, -0.2) is 14.0 Å². The van der Waals surface area contributed by atoms with Crippen LogP contribution in [0.15, 0.2) is 36.4 Å². The maximum absolute atomic E-state index is 14.2. The van der Waals surface area contributed by atoms with Gasteiger partial charge in [-0.05, 0) is 35.9 Å². The van der Waals surface area contributed by atoms with Crippen molar-refractivity contribution < 1.29 is 28.6 Å². The number of benzene rings is 2. The number of ether oxygens (including phenoxy) is 2. The van der Waals surface area contributed by atoms with Crippen molar-refractivity contribution in [3.63, 3.8) is 0 Å². The van der Waals surface area contributed by atoms with E-state index in [-0.39, 0.29) is 16.7 Å². The van der Waals surface area contributed by atoms with Gasteiger partial charge in [-0.15, -0.1) is 0 Å². The normalized spacial score (nSPS) is 10.1. The van der Waals surface area contributed by atoms with E-state index in [4.69, 9.17) is 9.84 Å². The molecule has 2 aromatic rings. The van der Waals surface area contributed by atoms with Crippen LogP contribution in [-0.2, 0) is 4.74 Å². The minimum atomic E-state index is -1.15. The zero-order chi connectivity index (χ0) is 16.3. The molecule has 0 aromatic heterocycles. The van der Waals surface area contributed by atoms with Crippen LogP contribution in [0.1, 0.15) is 20.7 Å². The molecule has 0 aliphatic heterocycles. The fourth-order valence-electron chi connectivity index (χ4n) is 1.99. The van der Waals surface area contributed by atoms with Gasteiger partial charge < -0.3 is 14.6 Å². The van der Waals surface area contributed by atoms with Crippen molar-refractivity contribution in [3.8, 4) is 16.9 Å². The largest absolute Gasteiger partial charge is 0.497 e. The summed E-state index contributed by atoms with van der Waals surface area (Å²) < 4.78 is 23.8. The topological polar surface area (TPSA) is 72.8 Å². The van der Waals surface area contributed by atoms with Crippen LogP contribution in [0.5, 0.6) is 5.75 Å². The Morgan fingerprint density at radius 2 is 1.77 bits per heavy atom. The smallest absolute Gasteiger partial charge is 0.337 e. The van der Waals surface area contributed by atoms with Gasteiger partial charge in [0.05, 0.1) is 25.3 Å². The zero-order valence-electron chi connectivity index (χ0n) is 11.9. The summed E-state index contributed by atoms with van der Waals surface area (Å²) in [6.07, 6.45) is 0. The number of hydrogen-bond acceptors (Lipinski definition) is 4. The Balaban J connectivity index is 2.54. The molecule has 0 radical (unpaired) electrons. The molecule has 114 valence electrons. The molecule has 2 rings (SSSR count). The molecule has 0 aliphatic rings. The van der Waals surface area contributed by atoms with E-state index in [2.05, 4.69) is 4.74 Å². The Bertz CT molecular complexity index is 739. The number of halogens is 1. The van der Waals surface area contributed by atoms with Crippen LogP contribution in [0.2, 0.25) is 0 Å². The van der Waals surface area contributed by atoms with E-state index in [0.29, 0.717) is 11.3 Å². The van der Waals surface area contributed by atoms with Crippen LogP contribution in [-0.4, -0.2) is 31.3 Å². The Kier molecular flexibility index (Phi) is 4.41. The second kappa shape index (κ2) is 6.26. The highest BCUT2D eigenvalue weighted by Gasteiger charge is 2.14. The van der Waals surface area contributed by atoms with E-state index >= 15 is 0 Å². The van der Waals surface area contributed by atoms with Crippen molar-refractivity contribution in [2.45, 2.75) is 0 Å². The zero-order valence-corrected chi connectivity index (χ0v) is 11.9. The number of carbonyl (C=O) groups is 2. The molecule has 0 saturated carbocycles. The monoisotopic (exact) mass is 304 g/mol. The van der Waals surface area contributed by atoms with Crippen molar-refractivity contribution >= 4 is 11.9 Å². The summed E-state index contributed by atoms with van der Waals surface area (Å²) in [6.45, 7) is 0. The standard InChI is InChI=1S/C16H13FO5/c1-21-12-6-10(5-11(7-12)15(18)19)13-4-3-9(8-14(13)17)16(20)22-2/h3-8H,1-2H3,(H,18,19). The Labute approximate surface area is 125 Å². The minimum absolute atomic E-state index is 0.0224. The molecule has 0 amide bonds. The van der Waals surface area contributed by atoms with Crippen molar-refractivity contribution in [1.29, 1.82) is 0 Å². The Hall–Kier alpha value is -2.89. The number of carboxylic acids is 1. The molecule has 0 saturated heterocycles. The predicted octanol–water partition coefficient (Wildman–Crippen LogP) is 2.99. The van der Waals surface area contributed by atoms with Crippen molar-refractivity contribution in [2.24, 2.45) is 0 Å². The molecule has 0 atom stereocenters. The average molecular weight is 304 g/mol. The summed E-state index contributed by atoms with van der Waals surface area (Å²) in [7, 11) is 2.59. The number of carboxylic acid groups (broad SMARTS) is 1. The summed E-state index contributed by atoms with van der Waals surface area (Å²) in [5.74, 6) is -2.16. The summed E-state index contributed by atoms with van der Waals surface area (Å²) in [5.41, 5.74) is 0.551. The molecule has 0 unspecified atom stereocenters. The molecule has 1 N–H and O–H groups in total. The van der Waals surface area contributed by atoms with Gasteiger partial charge in [-0.3, -0.25) is 0 Å². The molecular weight excluding hydrogens is 291 g/mol. The Morgan fingerprint density at radius 3 is 2.32 bits per heavy atom. The quantitative estimate of drug-likeness (QED) is 0.879. The van der Waals surface area contributed by atoms with E-state index in [9.17, 15) is 14.0 Å². The van der Waals surface area contributed by atoms with Gasteiger partial charge in [-0.1, -0.05) is 6.07 Å². The van der Waals surface area contributed by atoms with Gasteiger partial charge in [0, 0.05) is 5.56 Å². The lowest BCUT2D eigenvalue weighted by Gasteiger charge is -2.09. The first kappa shape index (κ1) is 15.5. The minimum Gasteiger partial charge on any atom is -0.497 e. The van der Waals surface area contributed by atoms with E-state index in [1.807, 2.05) is 0 Å². The second-order valence-corrected chi connectivity index (χ2v) is 4.44. The van der Waals surface area contributed by atoms with Crippen LogP contribution in [0.3, 0.4) is 0 Å². The van der Waals surface area contributed by atoms with Crippen LogP contribution in [0, 0.1) is 5.82 Å². The highest BCUT2D eigenvalue weighted by molar-refractivity contribution is 5.92. The fraction of sp³-hybridized carbons (Fsp3) is 0.125. The Morgan fingerprint density at radius 1 is 1.05 bits per heavy atom. The molecule has 0 spiro atoms. The molecule has 22 heavy (non-hydrogen) atoms. The highest BCUT2D eigenvalue weighted by atomic mass is 19.1. The molecule has 0 heterocycles. The van der Waals surface area contributed by atoms with Crippen molar-refractivity contribution in [2.75, 3.05) is 14.2 Å². The van der Waals surface area contributed by atoms with Gasteiger partial charge in [0.15, 0.2) is 0 Å². The first-order valence-corrected chi connectivity index (χ1v) is 6.27. The third-order valence-corrected chi connectivity index (χ3v) is 3.09. The van der Waals surface area contributed by atoms with Gasteiger partial charge in [0.25, 0.3) is 0 Å². The summed E-state index contributed by atoms with van der Waals surface area (Å²) in [4.78, 5) is 22.5.